The van der Waals surface area contributed by atoms with Crippen molar-refractivity contribution in [1.29, 1.82) is 0 Å². The molecule has 0 spiro atoms. The van der Waals surface area contributed by atoms with E-state index >= 15 is 0 Å². The first-order valence-electron chi connectivity index (χ1n) is 3.43. The highest BCUT2D eigenvalue weighted by Gasteiger charge is 2.47. The first kappa shape index (κ1) is 10.8. The van der Waals surface area contributed by atoms with Crippen LogP contribution in [0.1, 0.15) is 0 Å². The van der Waals surface area contributed by atoms with Crippen LogP contribution in [-0.4, -0.2) is 49.8 Å². The standard InChI is InChI=1S/C6H9Cl3O3/c7-1-4(10)2(8)6(12)3(9)5(1)11/h1-6,10-12H. The van der Waals surface area contributed by atoms with Crippen molar-refractivity contribution >= 4 is 34.8 Å². The summed E-state index contributed by atoms with van der Waals surface area (Å²) >= 11 is 16.8. The fourth-order valence-electron chi connectivity index (χ4n) is 1.13. The predicted octanol–water partition coefficient (Wildman–Crippen LogP) is -0.0951. The third-order valence-electron chi connectivity index (χ3n) is 1.96. The highest BCUT2D eigenvalue weighted by atomic mass is 35.5. The number of hydrogen-bond donors (Lipinski definition) is 3. The summed E-state index contributed by atoms with van der Waals surface area (Å²) in [6.45, 7) is 0. The molecule has 0 aromatic carbocycles. The molecule has 0 unspecified atom stereocenters. The Morgan fingerprint density at radius 1 is 0.583 bits per heavy atom. The van der Waals surface area contributed by atoms with Crippen molar-refractivity contribution < 1.29 is 15.3 Å². The van der Waals surface area contributed by atoms with E-state index in [0.29, 0.717) is 0 Å². The van der Waals surface area contributed by atoms with Crippen LogP contribution in [0.25, 0.3) is 0 Å². The minimum Gasteiger partial charge on any atom is -0.390 e. The van der Waals surface area contributed by atoms with Crippen molar-refractivity contribution in [3.8, 4) is 0 Å². The maximum Gasteiger partial charge on any atom is 0.0918 e. The molecular formula is C6H9Cl3O3. The molecule has 0 aromatic rings. The molecule has 1 aliphatic carbocycles. The summed E-state index contributed by atoms with van der Waals surface area (Å²) in [6, 6.07) is 0. The van der Waals surface area contributed by atoms with Gasteiger partial charge in [0.05, 0.1) is 34.4 Å². The topological polar surface area (TPSA) is 60.7 Å². The van der Waals surface area contributed by atoms with E-state index < -0.39 is 34.4 Å². The Morgan fingerprint density at radius 3 is 0.917 bits per heavy atom. The first-order chi connectivity index (χ1) is 5.46. The molecule has 1 aliphatic rings. The molecule has 72 valence electrons. The van der Waals surface area contributed by atoms with Crippen molar-refractivity contribution in [2.75, 3.05) is 0 Å². The number of aliphatic hydroxyl groups excluding tert-OH is 3. The van der Waals surface area contributed by atoms with Gasteiger partial charge < -0.3 is 15.3 Å². The fraction of sp³-hybridized carbons (Fsp3) is 1.00. The zero-order valence-electron chi connectivity index (χ0n) is 5.94. The molecule has 0 radical (unpaired) electrons. The van der Waals surface area contributed by atoms with Gasteiger partial charge in [0.25, 0.3) is 0 Å². The van der Waals surface area contributed by atoms with Crippen LogP contribution in [-0.2, 0) is 0 Å². The van der Waals surface area contributed by atoms with Crippen molar-refractivity contribution in [3.63, 3.8) is 0 Å². The summed E-state index contributed by atoms with van der Waals surface area (Å²) < 4.78 is 0. The van der Waals surface area contributed by atoms with Gasteiger partial charge in [0.2, 0.25) is 0 Å². The van der Waals surface area contributed by atoms with E-state index in [1.54, 1.807) is 0 Å². The van der Waals surface area contributed by atoms with Crippen LogP contribution < -0.4 is 0 Å². The Labute approximate surface area is 84.9 Å². The molecule has 0 heterocycles. The molecule has 1 fully saturated rings. The average molecular weight is 235 g/mol. The molecule has 3 N–H and O–H groups in total. The van der Waals surface area contributed by atoms with Gasteiger partial charge in [-0.3, -0.25) is 0 Å². The van der Waals surface area contributed by atoms with E-state index in [1.807, 2.05) is 0 Å². The van der Waals surface area contributed by atoms with E-state index in [-0.39, 0.29) is 0 Å². The summed E-state index contributed by atoms with van der Waals surface area (Å²) in [7, 11) is 0. The SMILES string of the molecule is OC1C(Cl)C(O)C(Cl)C(O)C1Cl. The van der Waals surface area contributed by atoms with Crippen molar-refractivity contribution in [1.82, 2.24) is 0 Å². The van der Waals surface area contributed by atoms with Gasteiger partial charge in [-0.25, -0.2) is 0 Å². The molecule has 0 saturated heterocycles. The Morgan fingerprint density at radius 2 is 0.750 bits per heavy atom. The summed E-state index contributed by atoms with van der Waals surface area (Å²) in [6.07, 6.45) is -3.44. The molecule has 0 aliphatic heterocycles. The second kappa shape index (κ2) is 3.86. The van der Waals surface area contributed by atoms with Crippen molar-refractivity contribution in [2.24, 2.45) is 0 Å². The molecule has 0 amide bonds. The largest absolute Gasteiger partial charge is 0.390 e. The van der Waals surface area contributed by atoms with Crippen LogP contribution in [0.3, 0.4) is 0 Å². The quantitative estimate of drug-likeness (QED) is 0.514. The molecule has 3 nitrogen and oxygen atoms in total. The second-order valence-electron chi connectivity index (χ2n) is 2.81. The minimum atomic E-state index is -1.15. The highest BCUT2D eigenvalue weighted by Crippen LogP contribution is 2.31. The van der Waals surface area contributed by atoms with Gasteiger partial charge in [-0.1, -0.05) is 0 Å². The number of alkyl halides is 3. The lowest BCUT2D eigenvalue weighted by Gasteiger charge is -2.38. The lowest BCUT2D eigenvalue weighted by atomic mass is 9.91. The van der Waals surface area contributed by atoms with E-state index in [2.05, 4.69) is 0 Å². The molecule has 0 aromatic heterocycles. The van der Waals surface area contributed by atoms with Crippen molar-refractivity contribution in [2.45, 2.75) is 34.4 Å². The molecule has 1 rings (SSSR count). The van der Waals surface area contributed by atoms with E-state index in [9.17, 15) is 15.3 Å². The fourth-order valence-corrected chi connectivity index (χ4v) is 2.30. The number of rotatable bonds is 0. The minimum absolute atomic E-state index is 0.932. The monoisotopic (exact) mass is 234 g/mol. The third kappa shape index (κ3) is 1.67. The van der Waals surface area contributed by atoms with Gasteiger partial charge in [-0.15, -0.1) is 34.8 Å². The van der Waals surface area contributed by atoms with Crippen LogP contribution >= 0.6 is 34.8 Å². The Balaban J connectivity index is 2.76. The normalized spacial score (nSPS) is 55.5. The second-order valence-corrected chi connectivity index (χ2v) is 4.32. The third-order valence-corrected chi connectivity index (χ3v) is 3.51. The van der Waals surface area contributed by atoms with Gasteiger partial charge in [-0.05, 0) is 0 Å². The number of hydrogen-bond acceptors (Lipinski definition) is 3. The molecule has 0 atom stereocenters. The first-order valence-corrected chi connectivity index (χ1v) is 4.74. The smallest absolute Gasteiger partial charge is 0.0918 e. The van der Waals surface area contributed by atoms with Crippen LogP contribution in [0.2, 0.25) is 0 Å². The Kier molecular flexibility index (Phi) is 3.49. The molecule has 12 heavy (non-hydrogen) atoms. The lowest BCUT2D eigenvalue weighted by Crippen LogP contribution is -2.58. The molecule has 0 bridgehead atoms. The highest BCUT2D eigenvalue weighted by molar-refractivity contribution is 6.28. The van der Waals surface area contributed by atoms with Gasteiger partial charge in [0.15, 0.2) is 0 Å². The Hall–Kier alpha value is 0.750. The lowest BCUT2D eigenvalue weighted by molar-refractivity contribution is -0.0132. The van der Waals surface area contributed by atoms with Gasteiger partial charge in [0, 0.05) is 0 Å². The van der Waals surface area contributed by atoms with E-state index in [1.165, 1.54) is 0 Å². The zero-order chi connectivity index (χ0) is 9.46. The van der Waals surface area contributed by atoms with Crippen molar-refractivity contribution in [3.05, 3.63) is 0 Å². The summed E-state index contributed by atoms with van der Waals surface area (Å²) in [5.74, 6) is 0. The van der Waals surface area contributed by atoms with E-state index in [4.69, 9.17) is 34.8 Å². The van der Waals surface area contributed by atoms with Gasteiger partial charge in [0.1, 0.15) is 0 Å². The maximum absolute atomic E-state index is 9.26. The van der Waals surface area contributed by atoms with Gasteiger partial charge in [-0.2, -0.15) is 0 Å². The average Bonchev–Trinajstić information content (AvgIpc) is 2.08. The predicted molar refractivity (Wildman–Crippen MR) is 46.9 cm³/mol. The Bertz CT molecular complexity index is 110. The van der Waals surface area contributed by atoms with Crippen LogP contribution in [0.4, 0.5) is 0 Å². The van der Waals surface area contributed by atoms with Crippen LogP contribution in [0, 0.1) is 0 Å². The summed E-state index contributed by atoms with van der Waals surface area (Å²) in [5, 5.41) is 25.0. The zero-order valence-corrected chi connectivity index (χ0v) is 8.21. The van der Waals surface area contributed by atoms with Gasteiger partial charge >= 0.3 is 0 Å². The summed E-state index contributed by atoms with van der Waals surface area (Å²) in [5.41, 5.74) is 0. The molecule has 1 saturated carbocycles. The number of halogens is 3. The maximum atomic E-state index is 9.26. The molecule has 6 heteroatoms. The van der Waals surface area contributed by atoms with Crippen LogP contribution in [0.15, 0.2) is 0 Å². The molecular weight excluding hydrogens is 226 g/mol. The van der Waals surface area contributed by atoms with Crippen LogP contribution in [0.5, 0.6) is 0 Å². The number of aliphatic hydroxyl groups is 3. The summed E-state index contributed by atoms with van der Waals surface area (Å²) in [4.78, 5) is 0. The van der Waals surface area contributed by atoms with E-state index in [0.717, 1.165) is 0 Å².